The van der Waals surface area contributed by atoms with Crippen LogP contribution in [-0.2, 0) is 109 Å². The zero-order valence-electron chi connectivity index (χ0n) is 80.7. The van der Waals surface area contributed by atoms with Crippen LogP contribution in [0, 0.1) is 38.7 Å². The molecule has 0 saturated heterocycles. The SMILES string of the molecule is Cc1cc(C)nc(CC(=O)[C@H](CCc2ccccc2)NC(=O)[C@@H](N)CC(=O)N(CCN)CCN)c1.NCCN(CCN)C(=O)C[C@H](N)C(=O)N[C@@H](CCc1ccccc1)C(=O)Cc1cc(Cl)nc(Cl)c1.NCCN(CCN)C(=O)C[C@H](N)C(=O)N[C@@H](CCc1ccccc1)C(=O)Cc1ncc(Br)cn1.[C-]#[N+]c1cc(C#N)c(C)nc1CC(=O)[C@H](CCc1ccccc1)NC(=O)[C@@H](N)CC(=O)N(CCN)CCN. The van der Waals surface area contributed by atoms with Gasteiger partial charge in [-0.1, -0.05) is 145 Å². The highest BCUT2D eigenvalue weighted by Crippen LogP contribution is 2.24. The Hall–Kier alpha value is -12.6. The number of halogens is 3. The number of carbonyl (C=O) groups excluding carboxylic acids is 12. The normalized spacial score (nSPS) is 12.5. The Balaban J connectivity index is 0.000000334. The fourth-order valence-electron chi connectivity index (χ4n) is 14.8. The minimum atomic E-state index is -1.18. The van der Waals surface area contributed by atoms with Crippen LogP contribution in [-0.4, -0.2) is 268 Å². The zero-order chi connectivity index (χ0) is 105. The van der Waals surface area contributed by atoms with Gasteiger partial charge in [0.05, 0.1) is 121 Å². The van der Waals surface area contributed by atoms with Gasteiger partial charge in [-0.15, -0.1) is 0 Å². The van der Waals surface area contributed by atoms with Gasteiger partial charge in [-0.25, -0.2) is 19.8 Å². The number of rotatable bonds is 56. The van der Waals surface area contributed by atoms with E-state index in [1.807, 2.05) is 153 Å². The first-order valence-corrected chi connectivity index (χ1v) is 48.3. The first kappa shape index (κ1) is 120. The number of pyridine rings is 3. The summed E-state index contributed by atoms with van der Waals surface area (Å²) in [7, 11) is 0. The van der Waals surface area contributed by atoms with E-state index < -0.39 is 72.0 Å². The van der Waals surface area contributed by atoms with Crippen LogP contribution in [0.15, 0.2) is 169 Å². The Kier molecular flexibility index (Phi) is 55.9. The Morgan fingerprint density at radius 1 is 0.401 bits per heavy atom. The van der Waals surface area contributed by atoms with Crippen molar-refractivity contribution in [2.75, 3.05) is 105 Å². The first-order chi connectivity index (χ1) is 68.0. The van der Waals surface area contributed by atoms with Gasteiger partial charge in [0, 0.05) is 141 Å². The summed E-state index contributed by atoms with van der Waals surface area (Å²) >= 11 is 15.2. The van der Waals surface area contributed by atoms with Crippen LogP contribution in [0.5, 0.6) is 0 Å². The monoisotopic (exact) mass is 2060 g/mol. The maximum absolute atomic E-state index is 13.4. The van der Waals surface area contributed by atoms with Gasteiger partial charge < -0.3 is 110 Å². The number of Topliss-reactive ketones (excluding diaryl/α,β-unsaturated/α-hetero) is 4. The molecule has 8 atom stereocenters. The summed E-state index contributed by atoms with van der Waals surface area (Å²) < 4.78 is 0.701. The van der Waals surface area contributed by atoms with Gasteiger partial charge in [0.2, 0.25) is 52.9 Å². The topological polar surface area (TPSA) is 671 Å². The van der Waals surface area contributed by atoms with E-state index in [-0.39, 0.29) is 184 Å². The van der Waals surface area contributed by atoms with Crippen molar-refractivity contribution in [3.05, 3.63) is 258 Å². The largest absolute Gasteiger partial charge is 0.345 e. The molecule has 142 heavy (non-hydrogen) atoms. The van der Waals surface area contributed by atoms with Gasteiger partial charge >= 0.3 is 0 Å². The summed E-state index contributed by atoms with van der Waals surface area (Å²) in [4.78, 5) is 185. The van der Waals surface area contributed by atoms with E-state index in [9.17, 15) is 62.8 Å². The Morgan fingerprint density at radius 3 is 0.986 bits per heavy atom. The number of benzene rings is 4. The first-order valence-electron chi connectivity index (χ1n) is 46.8. The standard InChI is InChI=1S/C27H34N8O3.C26H38N6O3.C24H32Cl2N6O3.C23H32BrN7O3/c1-18-20(17-30)14-23(32-2)24(33-18)16-25(36)22(9-8-19-6-4-3-5-7-19)34-27(38)21(31)15-26(37)35(12-10-28)13-11-29;1-18-14-19(2)30-21(15-18)16-24(33)23(9-8-20-6-4-3-5-7-20)31-26(35)22(29)17-25(34)32(12-10-27)13-11-28;25-21-13-17(14-22(26)31-21)12-20(33)19(7-6-16-4-2-1-3-5-16)30-24(35)18(29)15-23(34)32(10-8-27)11-9-28;24-17-14-28-21(29-15-17)13-20(32)19(7-6-16-4-2-1-3-5-16)30-23(34)18(27)12-22(33)31(10-8-25)11-9-26/h3-7,14,21-22H,8-13,15-16,28-29,31H2,1H3,(H,34,38);3-7,14-15,22-23H,8-13,16-17,27-29H2,1-2H3,(H,31,35);1-5,13-14,18-19H,6-12,15,27-29H2,(H,30,35);1-5,14-15,18-19H,6-13,25-27H2,(H,30,34)/t21-,22-;22-,23-;2*18-,19-/m0000/s1. The average Bonchev–Trinajstić information content (AvgIpc) is 0.717. The molecule has 764 valence electrons. The quantitative estimate of drug-likeness (QED) is 0.0191. The summed E-state index contributed by atoms with van der Waals surface area (Å²) in [5.74, 6) is -4.26. The number of nitrogens with two attached hydrogens (primary N) is 12. The highest BCUT2D eigenvalue weighted by Gasteiger charge is 2.33. The van der Waals surface area contributed by atoms with E-state index in [1.54, 1.807) is 31.5 Å². The highest BCUT2D eigenvalue weighted by molar-refractivity contribution is 9.10. The van der Waals surface area contributed by atoms with Crippen molar-refractivity contribution in [1.82, 2.24) is 65.8 Å². The van der Waals surface area contributed by atoms with Crippen LogP contribution < -0.4 is 90.1 Å². The molecule has 39 nitrogen and oxygen atoms in total. The molecule has 0 spiro atoms. The number of amides is 8. The molecule has 0 unspecified atom stereocenters. The van der Waals surface area contributed by atoms with Gasteiger partial charge in [-0.05, 0) is 152 Å². The molecule has 0 aliphatic carbocycles. The summed E-state index contributed by atoms with van der Waals surface area (Å²) in [6.07, 6.45) is 5.74. The number of ketones is 4. The van der Waals surface area contributed by atoms with Crippen LogP contribution in [0.25, 0.3) is 4.85 Å². The Labute approximate surface area is 847 Å². The third kappa shape index (κ3) is 44.7. The number of nitrogens with zero attached hydrogens (tertiary/aromatic N) is 11. The lowest BCUT2D eigenvalue weighted by molar-refractivity contribution is -0.135. The van der Waals surface area contributed by atoms with Gasteiger partial charge in [0.25, 0.3) is 0 Å². The van der Waals surface area contributed by atoms with Gasteiger partial charge in [0.15, 0.2) is 23.1 Å². The molecule has 4 heterocycles. The number of aromatic nitrogens is 5. The smallest absolute Gasteiger partial charge is 0.238 e. The molecule has 0 fully saturated rings. The average molecular weight is 2060 g/mol. The van der Waals surface area contributed by atoms with Crippen molar-refractivity contribution in [3.63, 3.8) is 0 Å². The molecule has 28 N–H and O–H groups in total. The zero-order valence-corrected chi connectivity index (χ0v) is 83.8. The van der Waals surface area contributed by atoms with Gasteiger partial charge in [-0.3, -0.25) is 67.5 Å². The van der Waals surface area contributed by atoms with Crippen molar-refractivity contribution in [2.45, 2.75) is 172 Å². The van der Waals surface area contributed by atoms with Crippen molar-refractivity contribution < 1.29 is 57.5 Å². The summed E-state index contributed by atoms with van der Waals surface area (Å²) in [6, 6.07) is 41.0. The van der Waals surface area contributed by atoms with Crippen molar-refractivity contribution in [1.29, 1.82) is 5.26 Å². The van der Waals surface area contributed by atoms with Gasteiger partial charge in [-0.2, -0.15) is 5.26 Å². The predicted molar refractivity (Wildman–Crippen MR) is 548 cm³/mol. The van der Waals surface area contributed by atoms with E-state index >= 15 is 0 Å². The van der Waals surface area contributed by atoms with E-state index in [2.05, 4.69) is 67.0 Å². The molecule has 8 amide bonds. The fourth-order valence-corrected chi connectivity index (χ4v) is 15.5. The molecule has 8 rings (SSSR count). The number of aryl methyl sites for hydroxylation is 7. The molecule has 0 radical (unpaired) electrons. The van der Waals surface area contributed by atoms with E-state index in [1.165, 1.54) is 25.7 Å². The lowest BCUT2D eigenvalue weighted by Gasteiger charge is -2.24. The predicted octanol–water partition coefficient (Wildman–Crippen LogP) is 1.91. The number of nitrogens with one attached hydrogen (secondary N) is 4. The molecule has 8 aromatic rings. The third-order valence-corrected chi connectivity index (χ3v) is 23.0. The second kappa shape index (κ2) is 66.2. The van der Waals surface area contributed by atoms with E-state index in [0.29, 0.717) is 125 Å². The van der Waals surface area contributed by atoms with Crippen LogP contribution in [0.4, 0.5) is 5.69 Å². The molecule has 0 bridgehead atoms. The maximum Gasteiger partial charge on any atom is 0.238 e. The van der Waals surface area contributed by atoms with Crippen LogP contribution in [0.3, 0.4) is 0 Å². The Bertz CT molecular complexity index is 5210. The molecule has 42 heteroatoms. The molecular formula is C100H136BrCl2N27O12. The van der Waals surface area contributed by atoms with Crippen molar-refractivity contribution in [2.24, 2.45) is 68.8 Å². The van der Waals surface area contributed by atoms with Crippen LogP contribution >= 0.6 is 39.1 Å². The lowest BCUT2D eigenvalue weighted by Crippen LogP contribution is -2.51. The van der Waals surface area contributed by atoms with Crippen molar-refractivity contribution >= 4 is 115 Å². The minimum absolute atomic E-state index is 0.00333. The molecule has 4 aromatic carbocycles. The molecule has 0 saturated carbocycles. The summed E-state index contributed by atoms with van der Waals surface area (Å²) in [5, 5.41) is 20.5. The summed E-state index contributed by atoms with van der Waals surface area (Å²) in [5.41, 5.74) is 76.7. The second-order valence-electron chi connectivity index (χ2n) is 33.5. The van der Waals surface area contributed by atoms with Crippen LogP contribution in [0.2, 0.25) is 10.3 Å². The molecule has 4 aromatic heterocycles. The van der Waals surface area contributed by atoms with Crippen molar-refractivity contribution in [3.8, 4) is 6.07 Å². The number of hydrogen-bond donors (Lipinski definition) is 16. The fraction of sp³-hybridized carbons (Fsp3) is 0.430. The highest BCUT2D eigenvalue weighted by atomic mass is 79.9. The van der Waals surface area contributed by atoms with E-state index in [4.69, 9.17) is 98.6 Å². The summed E-state index contributed by atoms with van der Waals surface area (Å²) in [6.45, 7) is 17.6. The second-order valence-corrected chi connectivity index (χ2v) is 35.2. The molecule has 0 aliphatic heterocycles. The third-order valence-electron chi connectivity index (χ3n) is 22.2. The van der Waals surface area contributed by atoms with Crippen LogP contribution in [0.1, 0.15) is 119 Å². The Morgan fingerprint density at radius 2 is 0.697 bits per heavy atom. The van der Waals surface area contributed by atoms with Gasteiger partial charge in [0.1, 0.15) is 16.1 Å². The maximum atomic E-state index is 13.4. The lowest BCUT2D eigenvalue weighted by atomic mass is 9.97. The number of nitriles is 1. The van der Waals surface area contributed by atoms with E-state index in [0.717, 1.165) is 33.5 Å². The molecular weight excluding hydrogens is 1920 g/mol. The number of carbonyl (C=O) groups is 12. The minimum Gasteiger partial charge on any atom is -0.345 e. The molecule has 0 aliphatic rings. The number of hydrogen-bond acceptors (Lipinski definition) is 30.